The standard InChI is InChI=1S/C19H18N4/c1(14-5-9-20-10-6-14)2-16-3-4-17-18(13-22-19(17)23-16)15-7-11-21-12-8-15/h3-4,7-8,11-14,20H,5-6,9-10H2,(H,22,23). The van der Waals surface area contributed by atoms with Gasteiger partial charge in [-0.3, -0.25) is 4.98 Å². The first-order chi connectivity index (χ1) is 11.4. The number of piperidine rings is 1. The lowest BCUT2D eigenvalue weighted by atomic mass is 9.99. The van der Waals surface area contributed by atoms with Gasteiger partial charge in [0, 0.05) is 35.5 Å². The summed E-state index contributed by atoms with van der Waals surface area (Å²) in [5.41, 5.74) is 4.00. The Balaban J connectivity index is 1.64. The van der Waals surface area contributed by atoms with E-state index in [1.54, 1.807) is 12.4 Å². The number of aromatic amines is 1. The maximum Gasteiger partial charge on any atom is 0.139 e. The van der Waals surface area contributed by atoms with E-state index in [4.69, 9.17) is 0 Å². The Morgan fingerprint density at radius 1 is 1.04 bits per heavy atom. The molecule has 0 aromatic carbocycles. The second kappa shape index (κ2) is 6.23. The highest BCUT2D eigenvalue weighted by atomic mass is 14.9. The molecule has 1 aliphatic rings. The van der Waals surface area contributed by atoms with Gasteiger partial charge in [-0.2, -0.15) is 0 Å². The molecule has 0 atom stereocenters. The van der Waals surface area contributed by atoms with E-state index < -0.39 is 0 Å². The molecule has 0 aliphatic carbocycles. The van der Waals surface area contributed by atoms with Crippen LogP contribution in [-0.2, 0) is 0 Å². The third kappa shape index (κ3) is 2.96. The second-order valence-corrected chi connectivity index (χ2v) is 5.82. The van der Waals surface area contributed by atoms with Crippen molar-refractivity contribution < 1.29 is 0 Å². The highest BCUT2D eigenvalue weighted by Crippen LogP contribution is 2.27. The molecule has 4 nitrogen and oxygen atoms in total. The van der Waals surface area contributed by atoms with Crippen molar-refractivity contribution in [1.29, 1.82) is 0 Å². The summed E-state index contributed by atoms with van der Waals surface area (Å²) in [4.78, 5) is 12.0. The SMILES string of the molecule is C(#CC1CCNCC1)c1ccc2c(-c3ccncc3)c[nH]c2n1. The lowest BCUT2D eigenvalue weighted by Crippen LogP contribution is -2.26. The molecule has 0 amide bonds. The molecule has 0 saturated carbocycles. The van der Waals surface area contributed by atoms with Crippen molar-refractivity contribution >= 4 is 11.0 Å². The summed E-state index contributed by atoms with van der Waals surface area (Å²) >= 11 is 0. The van der Waals surface area contributed by atoms with Crippen LogP contribution in [0.25, 0.3) is 22.2 Å². The van der Waals surface area contributed by atoms with E-state index in [2.05, 4.69) is 38.2 Å². The van der Waals surface area contributed by atoms with Gasteiger partial charge in [0.1, 0.15) is 11.3 Å². The zero-order valence-electron chi connectivity index (χ0n) is 12.8. The highest BCUT2D eigenvalue weighted by molar-refractivity contribution is 5.93. The van der Waals surface area contributed by atoms with Gasteiger partial charge in [0.15, 0.2) is 0 Å². The average Bonchev–Trinajstić information content (AvgIpc) is 3.05. The number of hydrogen-bond donors (Lipinski definition) is 2. The number of nitrogens with zero attached hydrogens (tertiary/aromatic N) is 2. The fraction of sp³-hybridized carbons (Fsp3) is 0.263. The molecule has 23 heavy (non-hydrogen) atoms. The molecule has 0 spiro atoms. The van der Waals surface area contributed by atoms with Crippen molar-refractivity contribution in [2.45, 2.75) is 12.8 Å². The zero-order valence-corrected chi connectivity index (χ0v) is 12.8. The Kier molecular flexibility index (Phi) is 3.79. The van der Waals surface area contributed by atoms with Crippen LogP contribution < -0.4 is 5.32 Å². The molecule has 4 rings (SSSR count). The molecule has 1 saturated heterocycles. The Morgan fingerprint density at radius 3 is 2.70 bits per heavy atom. The smallest absolute Gasteiger partial charge is 0.139 e. The van der Waals surface area contributed by atoms with Crippen LogP contribution in [0.2, 0.25) is 0 Å². The monoisotopic (exact) mass is 302 g/mol. The molecule has 3 aromatic heterocycles. The Morgan fingerprint density at radius 2 is 1.87 bits per heavy atom. The third-order valence-electron chi connectivity index (χ3n) is 4.27. The Hall–Kier alpha value is -2.64. The lowest BCUT2D eigenvalue weighted by Gasteiger charge is -2.17. The summed E-state index contributed by atoms with van der Waals surface area (Å²) in [6, 6.07) is 8.12. The summed E-state index contributed by atoms with van der Waals surface area (Å²) in [5, 5.41) is 4.48. The van der Waals surface area contributed by atoms with Crippen LogP contribution in [-0.4, -0.2) is 28.0 Å². The van der Waals surface area contributed by atoms with Gasteiger partial charge in [-0.15, -0.1) is 0 Å². The number of H-pyrrole nitrogens is 1. The first-order valence-corrected chi connectivity index (χ1v) is 8.01. The van der Waals surface area contributed by atoms with Crippen molar-refractivity contribution in [2.24, 2.45) is 5.92 Å². The van der Waals surface area contributed by atoms with E-state index in [1.165, 1.54) is 0 Å². The van der Waals surface area contributed by atoms with Gasteiger partial charge in [-0.05, 0) is 61.7 Å². The van der Waals surface area contributed by atoms with E-state index in [-0.39, 0.29) is 0 Å². The third-order valence-corrected chi connectivity index (χ3v) is 4.27. The second-order valence-electron chi connectivity index (χ2n) is 5.82. The molecular weight excluding hydrogens is 284 g/mol. The number of fused-ring (bicyclic) bond motifs is 1. The quantitative estimate of drug-likeness (QED) is 0.680. The number of hydrogen-bond acceptors (Lipinski definition) is 3. The molecule has 0 unspecified atom stereocenters. The number of pyridine rings is 2. The minimum Gasteiger partial charge on any atom is -0.345 e. The minimum atomic E-state index is 0.491. The molecule has 0 bridgehead atoms. The van der Waals surface area contributed by atoms with Gasteiger partial charge in [0.2, 0.25) is 0 Å². The first kappa shape index (κ1) is 14.0. The van der Waals surface area contributed by atoms with Crippen molar-refractivity contribution in [1.82, 2.24) is 20.3 Å². The minimum absolute atomic E-state index is 0.491. The Labute approximate surface area is 135 Å². The van der Waals surface area contributed by atoms with Crippen LogP contribution in [0.3, 0.4) is 0 Å². The fourth-order valence-electron chi connectivity index (χ4n) is 2.99. The van der Waals surface area contributed by atoms with E-state index in [1.807, 2.05) is 24.4 Å². The van der Waals surface area contributed by atoms with Crippen LogP contribution in [0.15, 0.2) is 42.9 Å². The summed E-state index contributed by atoms with van der Waals surface area (Å²) < 4.78 is 0. The number of nitrogens with one attached hydrogen (secondary N) is 2. The molecule has 114 valence electrons. The largest absolute Gasteiger partial charge is 0.345 e. The van der Waals surface area contributed by atoms with Gasteiger partial charge in [0.05, 0.1) is 0 Å². The van der Waals surface area contributed by atoms with Gasteiger partial charge >= 0.3 is 0 Å². The van der Waals surface area contributed by atoms with Crippen LogP contribution in [0.5, 0.6) is 0 Å². The first-order valence-electron chi connectivity index (χ1n) is 8.01. The van der Waals surface area contributed by atoms with Gasteiger partial charge in [0.25, 0.3) is 0 Å². The summed E-state index contributed by atoms with van der Waals surface area (Å²) in [6.07, 6.45) is 7.87. The molecule has 1 aliphatic heterocycles. The van der Waals surface area contributed by atoms with Crippen molar-refractivity contribution in [3.63, 3.8) is 0 Å². The average molecular weight is 302 g/mol. The fourth-order valence-corrected chi connectivity index (χ4v) is 2.99. The molecule has 0 radical (unpaired) electrons. The van der Waals surface area contributed by atoms with Crippen LogP contribution >= 0.6 is 0 Å². The van der Waals surface area contributed by atoms with E-state index in [0.717, 1.165) is 53.8 Å². The molecule has 2 N–H and O–H groups in total. The highest BCUT2D eigenvalue weighted by Gasteiger charge is 2.10. The molecule has 4 heterocycles. The molecule has 4 heteroatoms. The summed E-state index contributed by atoms with van der Waals surface area (Å²) in [6.45, 7) is 2.13. The van der Waals surface area contributed by atoms with Crippen LogP contribution in [0.4, 0.5) is 0 Å². The lowest BCUT2D eigenvalue weighted by molar-refractivity contribution is 0.447. The van der Waals surface area contributed by atoms with Crippen molar-refractivity contribution in [3.8, 4) is 23.0 Å². The molecular formula is C19H18N4. The van der Waals surface area contributed by atoms with Gasteiger partial charge < -0.3 is 10.3 Å². The van der Waals surface area contributed by atoms with E-state index in [9.17, 15) is 0 Å². The van der Waals surface area contributed by atoms with Gasteiger partial charge in [-0.1, -0.05) is 5.92 Å². The maximum absolute atomic E-state index is 4.65. The Bertz CT molecular complexity index is 865. The van der Waals surface area contributed by atoms with E-state index >= 15 is 0 Å². The van der Waals surface area contributed by atoms with Crippen molar-refractivity contribution in [2.75, 3.05) is 13.1 Å². The summed E-state index contributed by atoms with van der Waals surface area (Å²) in [5.74, 6) is 7.09. The predicted molar refractivity (Wildman–Crippen MR) is 91.8 cm³/mol. The maximum atomic E-state index is 4.65. The number of aromatic nitrogens is 3. The normalized spacial score (nSPS) is 15.3. The zero-order chi connectivity index (χ0) is 15.5. The van der Waals surface area contributed by atoms with Crippen molar-refractivity contribution in [3.05, 3.63) is 48.5 Å². The predicted octanol–water partition coefficient (Wildman–Crippen LogP) is 2.98. The molecule has 1 fully saturated rings. The van der Waals surface area contributed by atoms with Crippen LogP contribution in [0, 0.1) is 17.8 Å². The topological polar surface area (TPSA) is 53.6 Å². The van der Waals surface area contributed by atoms with Gasteiger partial charge in [-0.25, -0.2) is 4.98 Å². The van der Waals surface area contributed by atoms with E-state index in [0.29, 0.717) is 5.92 Å². The number of rotatable bonds is 1. The summed E-state index contributed by atoms with van der Waals surface area (Å²) in [7, 11) is 0. The molecule has 3 aromatic rings. The van der Waals surface area contributed by atoms with Crippen LogP contribution in [0.1, 0.15) is 18.5 Å².